The van der Waals surface area contributed by atoms with Crippen molar-refractivity contribution in [1.29, 1.82) is 0 Å². The Morgan fingerprint density at radius 3 is 2.50 bits per heavy atom. The van der Waals surface area contributed by atoms with E-state index in [4.69, 9.17) is 14.6 Å². The van der Waals surface area contributed by atoms with Crippen LogP contribution in [-0.4, -0.2) is 70.0 Å². The molecule has 1 fully saturated rings. The Bertz CT molecular complexity index is 753. The number of piperazine rings is 1. The van der Waals surface area contributed by atoms with Crippen molar-refractivity contribution in [2.24, 2.45) is 0 Å². The lowest BCUT2D eigenvalue weighted by Gasteiger charge is -2.39. The lowest BCUT2D eigenvalue weighted by Crippen LogP contribution is -2.49. The summed E-state index contributed by atoms with van der Waals surface area (Å²) < 4.78 is 5.71. The highest BCUT2D eigenvalue weighted by atomic mass is 16.5. The minimum absolute atomic E-state index is 0.0639. The maximum absolute atomic E-state index is 12.6. The number of amides is 1. The SMILES string of the molecule is CC(C)Oc1ccc(C2CN(C(=O)c3cnccn3)CCN2C)cc1.O=CO. The zero-order valence-electron chi connectivity index (χ0n) is 16.4. The Hall–Kier alpha value is -3.00. The predicted molar refractivity (Wildman–Crippen MR) is 104 cm³/mol. The van der Waals surface area contributed by atoms with Gasteiger partial charge in [0.1, 0.15) is 11.4 Å². The first-order chi connectivity index (χ1) is 13.5. The van der Waals surface area contributed by atoms with Gasteiger partial charge in [-0.25, -0.2) is 4.98 Å². The van der Waals surface area contributed by atoms with E-state index in [1.54, 1.807) is 12.4 Å². The highest BCUT2D eigenvalue weighted by Crippen LogP contribution is 2.26. The Kier molecular flexibility index (Phi) is 7.88. The summed E-state index contributed by atoms with van der Waals surface area (Å²) in [6.45, 7) is 5.92. The summed E-state index contributed by atoms with van der Waals surface area (Å²) in [5, 5.41) is 6.89. The third-order valence-electron chi connectivity index (χ3n) is 4.35. The van der Waals surface area contributed by atoms with Crippen molar-refractivity contribution in [3.05, 3.63) is 54.1 Å². The average Bonchev–Trinajstić information content (AvgIpc) is 2.69. The van der Waals surface area contributed by atoms with Gasteiger partial charge < -0.3 is 14.7 Å². The summed E-state index contributed by atoms with van der Waals surface area (Å²) in [4.78, 5) is 33.3. The topological polar surface area (TPSA) is 95.9 Å². The zero-order valence-corrected chi connectivity index (χ0v) is 16.4. The molecule has 1 N–H and O–H groups in total. The van der Waals surface area contributed by atoms with Gasteiger partial charge in [-0.15, -0.1) is 0 Å². The number of benzene rings is 1. The second-order valence-electron chi connectivity index (χ2n) is 6.68. The van der Waals surface area contributed by atoms with Crippen LogP contribution in [0.4, 0.5) is 0 Å². The molecule has 150 valence electrons. The van der Waals surface area contributed by atoms with Crippen LogP contribution < -0.4 is 4.74 Å². The summed E-state index contributed by atoms with van der Waals surface area (Å²) in [5.41, 5.74) is 1.57. The van der Waals surface area contributed by atoms with Crippen molar-refractivity contribution in [2.45, 2.75) is 26.0 Å². The molecule has 1 aromatic heterocycles. The molecule has 0 radical (unpaired) electrons. The summed E-state index contributed by atoms with van der Waals surface area (Å²) in [6.07, 6.45) is 4.80. The lowest BCUT2D eigenvalue weighted by atomic mass is 10.0. The molecule has 1 aromatic carbocycles. The van der Waals surface area contributed by atoms with Crippen LogP contribution in [0.15, 0.2) is 42.9 Å². The van der Waals surface area contributed by atoms with Gasteiger partial charge in [-0.1, -0.05) is 12.1 Å². The lowest BCUT2D eigenvalue weighted by molar-refractivity contribution is -0.122. The van der Waals surface area contributed by atoms with Gasteiger partial charge in [0.2, 0.25) is 0 Å². The number of ether oxygens (including phenoxy) is 1. The van der Waals surface area contributed by atoms with Crippen LogP contribution in [0.1, 0.15) is 35.9 Å². The van der Waals surface area contributed by atoms with Crippen molar-refractivity contribution in [3.63, 3.8) is 0 Å². The number of carbonyl (C=O) groups is 2. The van der Waals surface area contributed by atoms with E-state index in [9.17, 15) is 4.79 Å². The minimum atomic E-state index is -0.250. The molecule has 0 aliphatic carbocycles. The molecule has 0 spiro atoms. The first-order valence-electron chi connectivity index (χ1n) is 9.06. The molecular formula is C20H26N4O4. The number of nitrogens with zero attached hydrogens (tertiary/aromatic N) is 4. The van der Waals surface area contributed by atoms with Crippen molar-refractivity contribution in [1.82, 2.24) is 19.8 Å². The molecule has 1 amide bonds. The number of hydrogen-bond acceptors (Lipinski definition) is 6. The first-order valence-corrected chi connectivity index (χ1v) is 9.06. The Morgan fingerprint density at radius 1 is 1.25 bits per heavy atom. The first kappa shape index (κ1) is 21.3. The molecule has 0 bridgehead atoms. The third kappa shape index (κ3) is 5.75. The van der Waals surface area contributed by atoms with Gasteiger partial charge in [0.05, 0.1) is 18.3 Å². The second kappa shape index (κ2) is 10.4. The van der Waals surface area contributed by atoms with E-state index in [1.165, 1.54) is 11.8 Å². The molecule has 2 aromatic rings. The summed E-state index contributed by atoms with van der Waals surface area (Å²) >= 11 is 0. The Labute approximate surface area is 164 Å². The second-order valence-corrected chi connectivity index (χ2v) is 6.68. The molecule has 1 aliphatic rings. The van der Waals surface area contributed by atoms with Crippen LogP contribution in [-0.2, 0) is 4.79 Å². The number of likely N-dealkylation sites (N-methyl/N-ethyl adjacent to an activating group) is 1. The Balaban J connectivity index is 0.000000878. The molecule has 1 aliphatic heterocycles. The fourth-order valence-corrected chi connectivity index (χ4v) is 3.03. The zero-order chi connectivity index (χ0) is 20.5. The van der Waals surface area contributed by atoms with E-state index >= 15 is 0 Å². The molecule has 2 heterocycles. The smallest absolute Gasteiger partial charge is 0.290 e. The number of hydrogen-bond donors (Lipinski definition) is 1. The maximum Gasteiger partial charge on any atom is 0.290 e. The largest absolute Gasteiger partial charge is 0.491 e. The molecule has 28 heavy (non-hydrogen) atoms. The third-order valence-corrected chi connectivity index (χ3v) is 4.35. The number of carbonyl (C=O) groups excluding carboxylic acids is 1. The fourth-order valence-electron chi connectivity index (χ4n) is 3.03. The molecule has 0 saturated carbocycles. The van der Waals surface area contributed by atoms with E-state index < -0.39 is 0 Å². The standard InChI is InChI=1S/C19H24N4O2.CH2O2/c1-14(2)25-16-6-4-15(5-7-16)18-13-23(11-10-22(18)3)19(24)17-12-20-8-9-21-17;2-1-3/h4-9,12,14,18H,10-11,13H2,1-3H3;1H,(H,2,3). The number of rotatable bonds is 4. The summed E-state index contributed by atoms with van der Waals surface area (Å²) in [5.74, 6) is 0.802. The fraction of sp³-hybridized carbons (Fsp3) is 0.400. The quantitative estimate of drug-likeness (QED) is 0.804. The minimum Gasteiger partial charge on any atom is -0.491 e. The highest BCUT2D eigenvalue weighted by molar-refractivity contribution is 5.92. The van der Waals surface area contributed by atoms with Crippen molar-refractivity contribution < 1.29 is 19.4 Å². The van der Waals surface area contributed by atoms with Crippen LogP contribution >= 0.6 is 0 Å². The molecular weight excluding hydrogens is 360 g/mol. The van der Waals surface area contributed by atoms with Gasteiger partial charge in [0.15, 0.2) is 0 Å². The molecule has 8 heteroatoms. The van der Waals surface area contributed by atoms with E-state index in [0.717, 1.165) is 12.3 Å². The van der Waals surface area contributed by atoms with Gasteiger partial charge in [0.25, 0.3) is 12.4 Å². The summed E-state index contributed by atoms with van der Waals surface area (Å²) in [7, 11) is 2.09. The highest BCUT2D eigenvalue weighted by Gasteiger charge is 2.29. The maximum atomic E-state index is 12.6. The summed E-state index contributed by atoms with van der Waals surface area (Å²) in [6, 6.07) is 8.30. The van der Waals surface area contributed by atoms with Gasteiger partial charge >= 0.3 is 0 Å². The monoisotopic (exact) mass is 386 g/mol. The predicted octanol–water partition coefficient (Wildman–Crippen LogP) is 2.09. The van der Waals surface area contributed by atoms with E-state index in [-0.39, 0.29) is 24.5 Å². The van der Waals surface area contributed by atoms with Crippen molar-refractivity contribution in [2.75, 3.05) is 26.7 Å². The number of aromatic nitrogens is 2. The number of carboxylic acid groups (broad SMARTS) is 1. The molecule has 8 nitrogen and oxygen atoms in total. The van der Waals surface area contributed by atoms with Crippen molar-refractivity contribution >= 4 is 12.4 Å². The van der Waals surface area contributed by atoms with Gasteiger partial charge in [-0.2, -0.15) is 0 Å². The van der Waals surface area contributed by atoms with Crippen molar-refractivity contribution in [3.8, 4) is 5.75 Å². The van der Waals surface area contributed by atoms with E-state index in [2.05, 4.69) is 34.0 Å². The molecule has 1 atom stereocenters. The van der Waals surface area contributed by atoms with Crippen LogP contribution in [0.2, 0.25) is 0 Å². The van der Waals surface area contributed by atoms with Gasteiger partial charge in [-0.3, -0.25) is 19.5 Å². The Morgan fingerprint density at radius 2 is 1.93 bits per heavy atom. The average molecular weight is 386 g/mol. The van der Waals surface area contributed by atoms with E-state index in [0.29, 0.717) is 18.8 Å². The van der Waals surface area contributed by atoms with Crippen LogP contribution in [0.3, 0.4) is 0 Å². The van der Waals surface area contributed by atoms with E-state index in [1.807, 2.05) is 30.9 Å². The van der Waals surface area contributed by atoms with Crippen LogP contribution in [0.5, 0.6) is 5.75 Å². The normalized spacial score (nSPS) is 16.9. The van der Waals surface area contributed by atoms with Gasteiger partial charge in [0, 0.05) is 32.0 Å². The van der Waals surface area contributed by atoms with Gasteiger partial charge in [-0.05, 0) is 38.6 Å². The molecule has 1 unspecified atom stereocenters. The molecule has 1 saturated heterocycles. The van der Waals surface area contributed by atoms with Crippen LogP contribution in [0.25, 0.3) is 0 Å². The molecule has 3 rings (SSSR count). The van der Waals surface area contributed by atoms with Crippen LogP contribution in [0, 0.1) is 0 Å².